The van der Waals surface area contributed by atoms with E-state index in [-0.39, 0.29) is 18.9 Å². The Balaban J connectivity index is 2.32. The molecule has 0 saturated heterocycles. The van der Waals surface area contributed by atoms with Crippen LogP contribution in [0.25, 0.3) is 0 Å². The number of hydrogen-bond donors (Lipinski definition) is 2. The van der Waals surface area contributed by atoms with Gasteiger partial charge >= 0.3 is 6.18 Å². The first-order valence-electron chi connectivity index (χ1n) is 6.08. The summed E-state index contributed by atoms with van der Waals surface area (Å²) < 4.78 is 39.7. The molecule has 2 amide bonds. The molecule has 0 aliphatic carbocycles. The second-order valence-corrected chi connectivity index (χ2v) is 4.22. The fourth-order valence-corrected chi connectivity index (χ4v) is 1.42. The van der Waals surface area contributed by atoms with Gasteiger partial charge in [0.25, 0.3) is 0 Å². The van der Waals surface area contributed by atoms with Gasteiger partial charge in [0.1, 0.15) is 6.61 Å². The smallest absolute Gasteiger partial charge is 0.372 e. The zero-order valence-electron chi connectivity index (χ0n) is 11.3. The molecule has 0 aliphatic rings. The standard InChI is InChI=1S/C13H15F3N2O3/c1-9(19)17-10-2-4-11(5-3-10)18-12(20)6-7-21-8-13(14,15)16/h2-5H,6-8H2,1H3,(H,17,19)(H,18,20). The van der Waals surface area contributed by atoms with Gasteiger partial charge in [-0.05, 0) is 24.3 Å². The van der Waals surface area contributed by atoms with Crippen LogP contribution in [0.5, 0.6) is 0 Å². The number of carbonyl (C=O) groups is 2. The molecule has 0 saturated carbocycles. The average molecular weight is 304 g/mol. The van der Waals surface area contributed by atoms with E-state index >= 15 is 0 Å². The third kappa shape index (κ3) is 7.93. The van der Waals surface area contributed by atoms with E-state index in [0.29, 0.717) is 11.4 Å². The maximum absolute atomic E-state index is 11.8. The van der Waals surface area contributed by atoms with Crippen molar-refractivity contribution in [1.82, 2.24) is 0 Å². The Morgan fingerprint density at radius 1 is 1.10 bits per heavy atom. The van der Waals surface area contributed by atoms with Crippen molar-refractivity contribution in [3.63, 3.8) is 0 Å². The summed E-state index contributed by atoms with van der Waals surface area (Å²) >= 11 is 0. The van der Waals surface area contributed by atoms with E-state index in [1.54, 1.807) is 24.3 Å². The van der Waals surface area contributed by atoms with Gasteiger partial charge in [0.2, 0.25) is 11.8 Å². The number of rotatable bonds is 6. The summed E-state index contributed by atoms with van der Waals surface area (Å²) in [7, 11) is 0. The SMILES string of the molecule is CC(=O)Nc1ccc(NC(=O)CCOCC(F)(F)F)cc1. The predicted molar refractivity (Wildman–Crippen MR) is 70.9 cm³/mol. The average Bonchev–Trinajstić information content (AvgIpc) is 2.35. The molecule has 0 bridgehead atoms. The fraction of sp³-hybridized carbons (Fsp3) is 0.385. The van der Waals surface area contributed by atoms with Crippen molar-refractivity contribution >= 4 is 23.2 Å². The highest BCUT2D eigenvalue weighted by Gasteiger charge is 2.27. The van der Waals surface area contributed by atoms with Gasteiger partial charge < -0.3 is 15.4 Å². The lowest BCUT2D eigenvalue weighted by molar-refractivity contribution is -0.174. The maximum Gasteiger partial charge on any atom is 0.411 e. The molecular weight excluding hydrogens is 289 g/mol. The molecule has 0 aromatic heterocycles. The summed E-state index contributed by atoms with van der Waals surface area (Å²) in [6, 6.07) is 6.33. The predicted octanol–water partition coefficient (Wildman–Crippen LogP) is 2.55. The number of carbonyl (C=O) groups excluding carboxylic acids is 2. The van der Waals surface area contributed by atoms with Crippen LogP contribution in [-0.4, -0.2) is 31.2 Å². The molecule has 0 fully saturated rings. The van der Waals surface area contributed by atoms with E-state index in [0.717, 1.165) is 0 Å². The van der Waals surface area contributed by atoms with Crippen molar-refractivity contribution < 1.29 is 27.5 Å². The number of ether oxygens (including phenoxy) is 1. The normalized spacial score (nSPS) is 11.0. The molecule has 116 valence electrons. The van der Waals surface area contributed by atoms with Gasteiger partial charge in [0.15, 0.2) is 0 Å². The van der Waals surface area contributed by atoms with Crippen molar-refractivity contribution in [3.8, 4) is 0 Å². The van der Waals surface area contributed by atoms with Crippen LogP contribution in [0, 0.1) is 0 Å². The number of anilines is 2. The van der Waals surface area contributed by atoms with Gasteiger partial charge in [-0.2, -0.15) is 13.2 Å². The van der Waals surface area contributed by atoms with E-state index in [4.69, 9.17) is 0 Å². The number of amides is 2. The molecule has 1 aromatic rings. The van der Waals surface area contributed by atoms with Crippen LogP contribution in [0.2, 0.25) is 0 Å². The van der Waals surface area contributed by atoms with Gasteiger partial charge in [-0.25, -0.2) is 0 Å². The molecule has 8 heteroatoms. The van der Waals surface area contributed by atoms with Gasteiger partial charge in [-0.1, -0.05) is 0 Å². The van der Waals surface area contributed by atoms with Crippen LogP contribution < -0.4 is 10.6 Å². The molecule has 1 aromatic carbocycles. The third-order valence-electron chi connectivity index (χ3n) is 2.23. The second-order valence-electron chi connectivity index (χ2n) is 4.22. The zero-order chi connectivity index (χ0) is 15.9. The van der Waals surface area contributed by atoms with Crippen LogP contribution >= 0.6 is 0 Å². The van der Waals surface area contributed by atoms with Gasteiger partial charge in [-0.3, -0.25) is 9.59 Å². The van der Waals surface area contributed by atoms with Crippen LogP contribution in [-0.2, 0) is 14.3 Å². The molecule has 21 heavy (non-hydrogen) atoms. The zero-order valence-corrected chi connectivity index (χ0v) is 11.3. The Hall–Kier alpha value is -2.09. The number of alkyl halides is 3. The first-order valence-corrected chi connectivity index (χ1v) is 6.08. The lowest BCUT2D eigenvalue weighted by Crippen LogP contribution is -2.20. The summed E-state index contributed by atoms with van der Waals surface area (Å²) in [4.78, 5) is 22.3. The molecule has 0 unspecified atom stereocenters. The van der Waals surface area contributed by atoms with Crippen LogP contribution in [0.4, 0.5) is 24.5 Å². The summed E-state index contributed by atoms with van der Waals surface area (Å²) in [6.45, 7) is -0.308. The Morgan fingerprint density at radius 3 is 2.10 bits per heavy atom. The summed E-state index contributed by atoms with van der Waals surface area (Å²) in [5.74, 6) is -0.668. The molecule has 0 radical (unpaired) electrons. The largest absolute Gasteiger partial charge is 0.411 e. The molecule has 0 atom stereocenters. The Morgan fingerprint density at radius 2 is 1.62 bits per heavy atom. The van der Waals surface area contributed by atoms with Gasteiger partial charge in [0.05, 0.1) is 13.0 Å². The third-order valence-corrected chi connectivity index (χ3v) is 2.23. The number of halogens is 3. The van der Waals surface area contributed by atoms with Crippen molar-refractivity contribution in [1.29, 1.82) is 0 Å². The van der Waals surface area contributed by atoms with Crippen molar-refractivity contribution in [2.45, 2.75) is 19.5 Å². The fourth-order valence-electron chi connectivity index (χ4n) is 1.42. The summed E-state index contributed by atoms with van der Waals surface area (Å²) in [6.07, 6.45) is -4.57. The number of benzene rings is 1. The molecular formula is C13H15F3N2O3. The molecule has 2 N–H and O–H groups in total. The number of nitrogens with one attached hydrogen (secondary N) is 2. The quantitative estimate of drug-likeness (QED) is 0.794. The van der Waals surface area contributed by atoms with Gasteiger partial charge in [-0.15, -0.1) is 0 Å². The maximum atomic E-state index is 11.8. The molecule has 1 rings (SSSR count). The topological polar surface area (TPSA) is 67.4 Å². The minimum atomic E-state index is -4.39. The Labute approximate surface area is 119 Å². The molecule has 5 nitrogen and oxygen atoms in total. The minimum Gasteiger partial charge on any atom is -0.372 e. The monoisotopic (exact) mass is 304 g/mol. The Bertz CT molecular complexity index is 486. The molecule has 0 heterocycles. The van der Waals surface area contributed by atoms with Crippen molar-refractivity contribution in [3.05, 3.63) is 24.3 Å². The first-order chi connectivity index (χ1) is 9.76. The van der Waals surface area contributed by atoms with Crippen molar-refractivity contribution in [2.24, 2.45) is 0 Å². The van der Waals surface area contributed by atoms with Crippen LogP contribution in [0.3, 0.4) is 0 Å². The minimum absolute atomic E-state index is 0.177. The molecule has 0 spiro atoms. The summed E-state index contributed by atoms with van der Waals surface area (Å²) in [5.41, 5.74) is 1.05. The first kappa shape index (κ1) is 17.0. The van der Waals surface area contributed by atoms with Crippen LogP contribution in [0.1, 0.15) is 13.3 Å². The van der Waals surface area contributed by atoms with Crippen molar-refractivity contribution in [2.75, 3.05) is 23.8 Å². The highest BCUT2D eigenvalue weighted by Crippen LogP contribution is 2.15. The number of hydrogen-bond acceptors (Lipinski definition) is 3. The van der Waals surface area contributed by atoms with E-state index in [9.17, 15) is 22.8 Å². The van der Waals surface area contributed by atoms with Gasteiger partial charge in [0, 0.05) is 18.3 Å². The summed E-state index contributed by atoms with van der Waals surface area (Å²) in [5, 5.41) is 5.07. The second kappa shape index (κ2) is 7.63. The lowest BCUT2D eigenvalue weighted by atomic mass is 10.2. The Kier molecular flexibility index (Phi) is 6.16. The van der Waals surface area contributed by atoms with E-state index in [2.05, 4.69) is 15.4 Å². The van der Waals surface area contributed by atoms with Crippen LogP contribution in [0.15, 0.2) is 24.3 Å². The highest BCUT2D eigenvalue weighted by molar-refractivity contribution is 5.92. The van der Waals surface area contributed by atoms with E-state index < -0.39 is 18.7 Å². The lowest BCUT2D eigenvalue weighted by Gasteiger charge is -2.08. The van der Waals surface area contributed by atoms with E-state index in [1.807, 2.05) is 0 Å². The van der Waals surface area contributed by atoms with E-state index in [1.165, 1.54) is 6.92 Å². The molecule has 0 aliphatic heterocycles. The highest BCUT2D eigenvalue weighted by atomic mass is 19.4.